The van der Waals surface area contributed by atoms with E-state index in [4.69, 9.17) is 22.3 Å². The molecule has 2 heterocycles. The van der Waals surface area contributed by atoms with Gasteiger partial charge in [-0.15, -0.1) is 0 Å². The van der Waals surface area contributed by atoms with Gasteiger partial charge in [0.15, 0.2) is 5.82 Å². The van der Waals surface area contributed by atoms with E-state index in [0.29, 0.717) is 50.4 Å². The van der Waals surface area contributed by atoms with Gasteiger partial charge in [-0.2, -0.15) is 5.10 Å². The molecule has 8 nitrogen and oxygen atoms in total. The van der Waals surface area contributed by atoms with Crippen LogP contribution >= 0.6 is 11.6 Å². The zero-order valence-corrected chi connectivity index (χ0v) is 22.8. The van der Waals surface area contributed by atoms with Crippen molar-refractivity contribution in [3.63, 3.8) is 0 Å². The van der Waals surface area contributed by atoms with Crippen LogP contribution in [-0.4, -0.2) is 40.1 Å². The Kier molecular flexibility index (Phi) is 7.50. The van der Waals surface area contributed by atoms with Crippen molar-refractivity contribution < 1.29 is 17.9 Å². The van der Waals surface area contributed by atoms with Crippen LogP contribution in [0.2, 0.25) is 5.02 Å². The van der Waals surface area contributed by atoms with Crippen molar-refractivity contribution in [1.29, 1.82) is 0 Å². The first kappa shape index (κ1) is 27.5. The second-order valence-electron chi connectivity index (χ2n) is 9.54. The Bertz CT molecular complexity index is 1700. The van der Waals surface area contributed by atoms with E-state index in [2.05, 4.69) is 21.7 Å². The van der Waals surface area contributed by atoms with E-state index in [1.165, 1.54) is 16.8 Å². The van der Waals surface area contributed by atoms with E-state index >= 15 is 0 Å². The van der Waals surface area contributed by atoms with Crippen molar-refractivity contribution in [1.82, 2.24) is 14.8 Å². The maximum atomic E-state index is 13.8. The van der Waals surface area contributed by atoms with Gasteiger partial charge < -0.3 is 10.8 Å². The summed E-state index contributed by atoms with van der Waals surface area (Å²) < 4.78 is 41.7. The minimum absolute atomic E-state index is 0.100. The highest BCUT2D eigenvalue weighted by Gasteiger charge is 2.23. The number of nitrogens with zero attached hydrogens (tertiary/aromatic N) is 3. The van der Waals surface area contributed by atoms with E-state index in [1.807, 2.05) is 6.07 Å². The monoisotopic (exact) mass is 555 g/mol. The van der Waals surface area contributed by atoms with Crippen molar-refractivity contribution in [3.05, 3.63) is 76.3 Å². The van der Waals surface area contributed by atoms with E-state index in [1.54, 1.807) is 51.2 Å². The lowest BCUT2D eigenvalue weighted by Crippen LogP contribution is -2.17. The summed E-state index contributed by atoms with van der Waals surface area (Å²) in [5, 5.41) is 15.1. The van der Waals surface area contributed by atoms with Gasteiger partial charge in [-0.05, 0) is 62.1 Å². The van der Waals surface area contributed by atoms with Crippen molar-refractivity contribution in [2.75, 3.05) is 11.0 Å². The number of aromatic nitrogens is 3. The maximum absolute atomic E-state index is 13.8. The number of sulfonamides is 1. The van der Waals surface area contributed by atoms with Gasteiger partial charge in [0, 0.05) is 18.2 Å². The third kappa shape index (κ3) is 6.31. The average molecular weight is 556 g/mol. The number of anilines is 1. The molecule has 11 heteroatoms. The quantitative estimate of drug-likeness (QED) is 0.307. The molecule has 0 radical (unpaired) electrons. The molecule has 0 aliphatic heterocycles. The van der Waals surface area contributed by atoms with Crippen LogP contribution in [-0.2, 0) is 23.5 Å². The summed E-state index contributed by atoms with van der Waals surface area (Å²) in [6, 6.07) is 12.5. The standard InChI is InChI=1S/C27H27ClFN5O3S/c1-27(2,35)13-12-18-8-9-19(24(31-18)22(30)15-16-6-5-7-17(29)14-16)20-10-11-21(28)23-25(20)34(3)32-26(23)33-38(4,36)37/h5-11,14,22,35H,15,30H2,1-4H3,(H,32,33)/t22-/m0/s1. The van der Waals surface area contributed by atoms with Crippen molar-refractivity contribution in [2.24, 2.45) is 12.8 Å². The van der Waals surface area contributed by atoms with Gasteiger partial charge >= 0.3 is 0 Å². The fourth-order valence-corrected chi connectivity index (χ4v) is 4.86. The Morgan fingerprint density at radius 2 is 1.92 bits per heavy atom. The van der Waals surface area contributed by atoms with Crippen LogP contribution in [0.15, 0.2) is 48.5 Å². The zero-order chi connectivity index (χ0) is 27.8. The summed E-state index contributed by atoms with van der Waals surface area (Å²) in [5.41, 5.74) is 8.89. The largest absolute Gasteiger partial charge is 0.378 e. The number of pyridine rings is 1. The highest BCUT2D eigenvalue weighted by Crippen LogP contribution is 2.39. The van der Waals surface area contributed by atoms with Gasteiger partial charge in [0.05, 0.1) is 33.9 Å². The Hall–Kier alpha value is -3.49. The summed E-state index contributed by atoms with van der Waals surface area (Å²) in [4.78, 5) is 4.72. The van der Waals surface area contributed by atoms with Crippen LogP contribution in [0.5, 0.6) is 0 Å². The van der Waals surface area contributed by atoms with Gasteiger partial charge in [0.1, 0.15) is 17.1 Å². The summed E-state index contributed by atoms with van der Waals surface area (Å²) >= 11 is 6.49. The number of hydrogen-bond acceptors (Lipinski definition) is 6. The first-order valence-electron chi connectivity index (χ1n) is 11.6. The number of halogens is 2. The Morgan fingerprint density at radius 1 is 1.21 bits per heavy atom. The molecule has 0 amide bonds. The van der Waals surface area contributed by atoms with Crippen LogP contribution in [0.3, 0.4) is 0 Å². The average Bonchev–Trinajstić information content (AvgIpc) is 3.12. The molecule has 0 saturated heterocycles. The van der Waals surface area contributed by atoms with Crippen molar-refractivity contribution in [2.45, 2.75) is 31.9 Å². The maximum Gasteiger partial charge on any atom is 0.231 e. The molecule has 0 saturated carbocycles. The van der Waals surface area contributed by atoms with E-state index in [-0.39, 0.29) is 11.6 Å². The minimum atomic E-state index is -3.62. The molecule has 2 aromatic heterocycles. The molecule has 0 aliphatic carbocycles. The number of fused-ring (bicyclic) bond motifs is 1. The second-order valence-corrected chi connectivity index (χ2v) is 11.7. The predicted octanol–water partition coefficient (Wildman–Crippen LogP) is 4.16. The molecule has 0 bridgehead atoms. The lowest BCUT2D eigenvalue weighted by molar-refractivity contribution is 0.143. The molecule has 1 atom stereocenters. The second kappa shape index (κ2) is 10.3. The van der Waals surface area contributed by atoms with Crippen molar-refractivity contribution >= 4 is 38.3 Å². The minimum Gasteiger partial charge on any atom is -0.378 e. The van der Waals surface area contributed by atoms with Gasteiger partial charge in [-0.1, -0.05) is 35.7 Å². The van der Waals surface area contributed by atoms with E-state index in [0.717, 1.165) is 6.26 Å². The number of aryl methyl sites for hydroxylation is 1. The molecular formula is C27H27ClFN5O3S. The highest BCUT2D eigenvalue weighted by molar-refractivity contribution is 7.92. The molecule has 198 valence electrons. The van der Waals surface area contributed by atoms with E-state index < -0.39 is 21.7 Å². The third-order valence-electron chi connectivity index (χ3n) is 5.63. The third-order valence-corrected chi connectivity index (χ3v) is 6.51. The number of nitrogens with two attached hydrogens (primary N) is 1. The lowest BCUT2D eigenvalue weighted by atomic mass is 9.94. The number of aliphatic hydroxyl groups is 1. The molecule has 4 N–H and O–H groups in total. The first-order valence-corrected chi connectivity index (χ1v) is 13.9. The van der Waals surface area contributed by atoms with Crippen LogP contribution in [0.25, 0.3) is 22.0 Å². The van der Waals surface area contributed by atoms with Crippen LogP contribution < -0.4 is 10.5 Å². The molecule has 2 aromatic carbocycles. The van der Waals surface area contributed by atoms with Gasteiger partial charge in [-0.3, -0.25) is 9.40 Å². The van der Waals surface area contributed by atoms with Crippen LogP contribution in [0.4, 0.5) is 10.2 Å². The number of rotatable bonds is 6. The smallest absolute Gasteiger partial charge is 0.231 e. The van der Waals surface area contributed by atoms with Crippen molar-refractivity contribution in [3.8, 4) is 23.0 Å². The molecule has 0 spiro atoms. The normalized spacial score (nSPS) is 12.7. The fourth-order valence-electron chi connectivity index (χ4n) is 4.13. The first-order chi connectivity index (χ1) is 17.7. The van der Waals surface area contributed by atoms with Crippen LogP contribution in [0.1, 0.15) is 36.8 Å². The molecule has 0 aliphatic rings. The molecule has 38 heavy (non-hydrogen) atoms. The fraction of sp³-hybridized carbons (Fsp3) is 0.259. The molecule has 0 unspecified atom stereocenters. The number of benzene rings is 2. The van der Waals surface area contributed by atoms with Gasteiger partial charge in [-0.25, -0.2) is 17.8 Å². The Balaban J connectivity index is 1.92. The molecular weight excluding hydrogens is 529 g/mol. The molecule has 4 rings (SSSR count). The van der Waals surface area contributed by atoms with Gasteiger partial charge in [0.2, 0.25) is 10.0 Å². The summed E-state index contributed by atoms with van der Waals surface area (Å²) in [6.07, 6.45) is 1.33. The van der Waals surface area contributed by atoms with Crippen LogP contribution in [0, 0.1) is 17.7 Å². The Labute approximate surface area is 225 Å². The van der Waals surface area contributed by atoms with Gasteiger partial charge in [0.25, 0.3) is 0 Å². The van der Waals surface area contributed by atoms with E-state index in [9.17, 15) is 17.9 Å². The SMILES string of the molecule is Cn1nc(NS(C)(=O)=O)c2c(Cl)ccc(-c3ccc(C#CC(C)(C)O)nc3[C@@H](N)Cc3cccc(F)c3)c21. The molecule has 0 fully saturated rings. The lowest BCUT2D eigenvalue weighted by Gasteiger charge is -2.18. The summed E-state index contributed by atoms with van der Waals surface area (Å²) in [7, 11) is -1.94. The highest BCUT2D eigenvalue weighted by atomic mass is 35.5. The number of hydrogen-bond donors (Lipinski definition) is 3. The predicted molar refractivity (Wildman–Crippen MR) is 148 cm³/mol. The molecule has 4 aromatic rings. The topological polar surface area (TPSA) is 123 Å². The summed E-state index contributed by atoms with van der Waals surface area (Å²) in [5.74, 6) is 5.36. The number of nitrogens with one attached hydrogen (secondary N) is 1. The zero-order valence-electron chi connectivity index (χ0n) is 21.3. The Morgan fingerprint density at radius 3 is 2.58 bits per heavy atom. The summed E-state index contributed by atoms with van der Waals surface area (Å²) in [6.45, 7) is 3.14.